The van der Waals surface area contributed by atoms with Crippen molar-refractivity contribution in [2.45, 2.75) is 34.3 Å². The number of fused-ring (bicyclic) bond motifs is 1. The largest absolute Gasteiger partial charge is 0.489 e. The Hall–Kier alpha value is -4.59. The molecule has 0 spiro atoms. The Morgan fingerprint density at radius 3 is 2.33 bits per heavy atom. The summed E-state index contributed by atoms with van der Waals surface area (Å²) in [6.07, 6.45) is 2.08. The van der Waals surface area contributed by atoms with E-state index in [1.807, 2.05) is 62.4 Å². The molecule has 1 aliphatic rings. The Kier molecular flexibility index (Phi) is 6.87. The topological polar surface area (TPSA) is 101 Å². The SMILES string of the molecule is CC1=C(C#N)c2nc(N)c(C#N)c(C)c2/C1=C\c1cc(C)n(-c2ccc(OCc3ccc(Br)cc3)cc2)c1C. The van der Waals surface area contributed by atoms with Gasteiger partial charge in [0, 0.05) is 27.1 Å². The maximum Gasteiger partial charge on any atom is 0.142 e. The van der Waals surface area contributed by atoms with Crippen LogP contribution in [0.25, 0.3) is 22.9 Å². The number of nitrogen functional groups attached to an aromatic ring is 1. The average Bonchev–Trinajstić information content (AvgIpc) is 3.35. The lowest BCUT2D eigenvalue weighted by Gasteiger charge is -2.12. The van der Waals surface area contributed by atoms with Crippen molar-refractivity contribution in [1.29, 1.82) is 10.5 Å². The van der Waals surface area contributed by atoms with Crippen LogP contribution in [0.5, 0.6) is 5.75 Å². The molecule has 0 amide bonds. The summed E-state index contributed by atoms with van der Waals surface area (Å²) in [5.74, 6) is 0.951. The molecule has 6 nitrogen and oxygen atoms in total. The Balaban J connectivity index is 1.48. The Bertz CT molecular complexity index is 1760. The van der Waals surface area contributed by atoms with E-state index in [4.69, 9.17) is 10.5 Å². The van der Waals surface area contributed by atoms with Gasteiger partial charge in [-0.15, -0.1) is 0 Å². The fourth-order valence-electron chi connectivity index (χ4n) is 5.12. The lowest BCUT2D eigenvalue weighted by Crippen LogP contribution is -2.03. The van der Waals surface area contributed by atoms with Crippen molar-refractivity contribution in [3.8, 4) is 23.6 Å². The van der Waals surface area contributed by atoms with Crippen molar-refractivity contribution in [1.82, 2.24) is 9.55 Å². The lowest BCUT2D eigenvalue weighted by atomic mass is 9.95. The quantitative estimate of drug-likeness (QED) is 0.266. The molecule has 0 atom stereocenters. The lowest BCUT2D eigenvalue weighted by molar-refractivity contribution is 0.306. The molecule has 0 fully saturated rings. The molecule has 0 radical (unpaired) electrons. The van der Waals surface area contributed by atoms with Crippen LogP contribution in [-0.4, -0.2) is 9.55 Å². The summed E-state index contributed by atoms with van der Waals surface area (Å²) in [4.78, 5) is 4.43. The average molecular weight is 576 g/mol. The third-order valence-electron chi connectivity index (χ3n) is 7.17. The second-order valence-electron chi connectivity index (χ2n) is 9.57. The zero-order chi connectivity index (χ0) is 27.8. The molecule has 0 bridgehead atoms. The molecule has 2 aromatic heterocycles. The van der Waals surface area contributed by atoms with Gasteiger partial charge in [-0.3, -0.25) is 0 Å². The zero-order valence-corrected chi connectivity index (χ0v) is 23.7. The second kappa shape index (κ2) is 10.3. The van der Waals surface area contributed by atoms with Gasteiger partial charge in [0.2, 0.25) is 0 Å². The summed E-state index contributed by atoms with van der Waals surface area (Å²) < 4.78 is 9.21. The highest BCUT2D eigenvalue weighted by molar-refractivity contribution is 9.10. The van der Waals surface area contributed by atoms with Gasteiger partial charge >= 0.3 is 0 Å². The first-order chi connectivity index (χ1) is 18.7. The van der Waals surface area contributed by atoms with Gasteiger partial charge in [0.25, 0.3) is 0 Å². The van der Waals surface area contributed by atoms with Gasteiger partial charge in [-0.05, 0) is 104 Å². The van der Waals surface area contributed by atoms with E-state index in [9.17, 15) is 10.5 Å². The van der Waals surface area contributed by atoms with Crippen LogP contribution in [0.4, 0.5) is 5.82 Å². The van der Waals surface area contributed by atoms with Gasteiger partial charge in [0.15, 0.2) is 0 Å². The molecule has 2 aromatic carbocycles. The van der Waals surface area contributed by atoms with E-state index >= 15 is 0 Å². The molecule has 5 rings (SSSR count). The number of nitriles is 2. The summed E-state index contributed by atoms with van der Waals surface area (Å²) in [5.41, 5.74) is 16.0. The van der Waals surface area contributed by atoms with Gasteiger partial charge < -0.3 is 15.0 Å². The van der Waals surface area contributed by atoms with Gasteiger partial charge in [0.05, 0.1) is 16.8 Å². The van der Waals surface area contributed by atoms with Crippen LogP contribution < -0.4 is 10.5 Å². The predicted molar refractivity (Wildman–Crippen MR) is 158 cm³/mol. The van der Waals surface area contributed by atoms with Gasteiger partial charge in [-0.1, -0.05) is 28.1 Å². The molecule has 192 valence electrons. The molecule has 0 unspecified atom stereocenters. The van der Waals surface area contributed by atoms with E-state index in [-0.39, 0.29) is 5.82 Å². The van der Waals surface area contributed by atoms with Gasteiger partial charge in [-0.25, -0.2) is 4.98 Å². The molecule has 2 heterocycles. The molecule has 4 aromatic rings. The molecule has 0 aliphatic heterocycles. The van der Waals surface area contributed by atoms with Gasteiger partial charge in [-0.2, -0.15) is 10.5 Å². The zero-order valence-electron chi connectivity index (χ0n) is 22.1. The number of aryl methyl sites for hydroxylation is 1. The number of anilines is 1. The number of halogens is 1. The summed E-state index contributed by atoms with van der Waals surface area (Å²) in [6, 6.07) is 22.7. The molecule has 2 N–H and O–H groups in total. The number of ether oxygens (including phenoxy) is 1. The first kappa shape index (κ1) is 26.0. The van der Waals surface area contributed by atoms with Crippen LogP contribution in [0, 0.1) is 43.4 Å². The number of nitrogens with zero attached hydrogens (tertiary/aromatic N) is 4. The number of hydrogen-bond donors (Lipinski definition) is 1. The van der Waals surface area contributed by atoms with E-state index in [0.29, 0.717) is 23.4 Å². The predicted octanol–water partition coefficient (Wildman–Crippen LogP) is 7.44. The highest BCUT2D eigenvalue weighted by atomic mass is 79.9. The maximum absolute atomic E-state index is 9.87. The third kappa shape index (κ3) is 4.63. The highest BCUT2D eigenvalue weighted by Crippen LogP contribution is 2.44. The monoisotopic (exact) mass is 575 g/mol. The molecule has 1 aliphatic carbocycles. The van der Waals surface area contributed by atoms with Crippen molar-refractivity contribution in [3.63, 3.8) is 0 Å². The van der Waals surface area contributed by atoms with Crippen LogP contribution >= 0.6 is 15.9 Å². The molecule has 0 saturated carbocycles. The third-order valence-corrected chi connectivity index (χ3v) is 7.70. The van der Waals surface area contributed by atoms with E-state index in [1.165, 1.54) is 0 Å². The minimum atomic E-state index is 0.151. The summed E-state index contributed by atoms with van der Waals surface area (Å²) in [5, 5.41) is 19.5. The normalized spacial score (nSPS) is 13.4. The molecular formula is C32H26BrN5O. The molecular weight excluding hydrogens is 550 g/mol. The second-order valence-corrected chi connectivity index (χ2v) is 10.5. The number of benzene rings is 2. The Morgan fingerprint density at radius 1 is 1.00 bits per heavy atom. The van der Waals surface area contributed by atoms with Crippen molar-refractivity contribution in [3.05, 3.63) is 110 Å². The minimum absolute atomic E-state index is 0.151. The van der Waals surface area contributed by atoms with Crippen molar-refractivity contribution in [2.24, 2.45) is 0 Å². The number of hydrogen-bond acceptors (Lipinski definition) is 5. The van der Waals surface area contributed by atoms with E-state index < -0.39 is 0 Å². The van der Waals surface area contributed by atoms with Crippen LogP contribution in [0.1, 0.15) is 51.8 Å². The smallest absolute Gasteiger partial charge is 0.142 e. The van der Waals surface area contributed by atoms with Crippen LogP contribution in [0.15, 0.2) is 64.6 Å². The van der Waals surface area contributed by atoms with Crippen LogP contribution in [0.3, 0.4) is 0 Å². The molecule has 39 heavy (non-hydrogen) atoms. The number of rotatable bonds is 5. The van der Waals surface area contributed by atoms with Crippen molar-refractivity contribution in [2.75, 3.05) is 5.73 Å². The van der Waals surface area contributed by atoms with E-state index in [0.717, 1.165) is 60.7 Å². The van der Waals surface area contributed by atoms with E-state index in [1.54, 1.807) is 0 Å². The summed E-state index contributed by atoms with van der Waals surface area (Å²) in [6.45, 7) is 8.42. The number of aromatic nitrogens is 2. The van der Waals surface area contributed by atoms with Crippen LogP contribution in [-0.2, 0) is 6.61 Å². The Labute approximate surface area is 236 Å². The first-order valence-corrected chi connectivity index (χ1v) is 13.2. The fourth-order valence-corrected chi connectivity index (χ4v) is 5.39. The summed E-state index contributed by atoms with van der Waals surface area (Å²) in [7, 11) is 0. The number of pyridine rings is 1. The summed E-state index contributed by atoms with van der Waals surface area (Å²) >= 11 is 3.46. The first-order valence-electron chi connectivity index (χ1n) is 12.4. The molecule has 7 heteroatoms. The molecule has 0 saturated heterocycles. The maximum atomic E-state index is 9.87. The van der Waals surface area contributed by atoms with Gasteiger partial charge in [0.1, 0.15) is 30.3 Å². The fraction of sp³-hybridized carbons (Fsp3) is 0.156. The van der Waals surface area contributed by atoms with Crippen LogP contribution in [0.2, 0.25) is 0 Å². The highest BCUT2D eigenvalue weighted by Gasteiger charge is 2.30. The number of allylic oxidation sites excluding steroid dienone is 3. The number of nitrogens with two attached hydrogens (primary N) is 1. The van der Waals surface area contributed by atoms with Crippen molar-refractivity contribution >= 4 is 39.0 Å². The standard InChI is InChI=1S/C32H26BrN5O/c1-18-13-23(14-27-19(2)28(15-34)31-30(27)20(3)29(16-35)32(36)37-31)21(4)38(18)25-9-11-26(12-10-25)39-17-22-5-7-24(33)8-6-22/h5-14H,17H2,1-4H3,(H2,36,37)/b27-14-. The Morgan fingerprint density at radius 2 is 1.69 bits per heavy atom. The van der Waals surface area contributed by atoms with Crippen molar-refractivity contribution < 1.29 is 4.74 Å². The minimum Gasteiger partial charge on any atom is -0.489 e. The van der Waals surface area contributed by atoms with E-state index in [2.05, 4.69) is 63.6 Å².